The molecule has 0 spiro atoms. The Morgan fingerprint density at radius 2 is 1.67 bits per heavy atom. The predicted octanol–water partition coefficient (Wildman–Crippen LogP) is 2.22. The topological polar surface area (TPSA) is 93.7 Å². The molecule has 1 fully saturated rings. The van der Waals surface area contributed by atoms with Gasteiger partial charge in [0.1, 0.15) is 5.78 Å². The quantitative estimate of drug-likeness (QED) is 0.474. The molecule has 0 aromatic heterocycles. The lowest BCUT2D eigenvalue weighted by Crippen LogP contribution is -2.49. The van der Waals surface area contributed by atoms with Crippen LogP contribution in [0.25, 0.3) is 0 Å². The molecule has 27 heavy (non-hydrogen) atoms. The van der Waals surface area contributed by atoms with E-state index in [0.29, 0.717) is 52.0 Å². The monoisotopic (exact) mass is 386 g/mol. The molecule has 2 amide bonds. The Bertz CT molecular complexity index is 434. The van der Waals surface area contributed by atoms with E-state index in [0.717, 1.165) is 0 Å². The highest BCUT2D eigenvalue weighted by molar-refractivity contribution is 5.81. The first-order chi connectivity index (χ1) is 12.9. The highest BCUT2D eigenvalue weighted by Crippen LogP contribution is 2.27. The van der Waals surface area contributed by atoms with E-state index in [2.05, 4.69) is 10.6 Å². The number of carbonyl (C=O) groups is 3. The van der Waals surface area contributed by atoms with Gasteiger partial charge in [0.25, 0.3) is 0 Å². The minimum Gasteiger partial charge on any atom is -0.380 e. The number of ketones is 1. The number of rotatable bonds is 13. The molecule has 0 unspecified atom stereocenters. The number of hydrogen-bond donors (Lipinski definition) is 2. The van der Waals surface area contributed by atoms with Crippen LogP contribution >= 0.6 is 0 Å². The fraction of sp³-hybridized carbons (Fsp3) is 0.850. The smallest absolute Gasteiger partial charge is 0.223 e. The molecular weight excluding hydrogens is 348 g/mol. The van der Waals surface area contributed by atoms with Gasteiger partial charge in [-0.3, -0.25) is 14.4 Å². The molecule has 0 bridgehead atoms. The molecule has 0 heterocycles. The zero-order valence-corrected chi connectivity index (χ0v) is 17.6. The van der Waals surface area contributed by atoms with Crippen LogP contribution in [0.1, 0.15) is 66.7 Å². The van der Waals surface area contributed by atoms with E-state index >= 15 is 0 Å². The molecule has 0 saturated heterocycles. The summed E-state index contributed by atoms with van der Waals surface area (Å²) in [6, 6.07) is 0.0665. The number of Topliss-reactive ketones (excluding diaryl/α,β-unsaturated/α-hetero) is 1. The summed E-state index contributed by atoms with van der Waals surface area (Å²) < 4.78 is 10.7. The Morgan fingerprint density at radius 1 is 1.04 bits per heavy atom. The number of ether oxygens (including phenoxy) is 2. The highest BCUT2D eigenvalue weighted by atomic mass is 16.5. The van der Waals surface area contributed by atoms with Crippen LogP contribution in [0, 0.1) is 5.92 Å². The largest absolute Gasteiger partial charge is 0.380 e. The van der Waals surface area contributed by atoms with Gasteiger partial charge in [0.05, 0.1) is 25.9 Å². The van der Waals surface area contributed by atoms with Gasteiger partial charge in [-0.25, -0.2) is 0 Å². The normalized spacial score (nSPS) is 18.1. The summed E-state index contributed by atoms with van der Waals surface area (Å²) in [5, 5.41) is 5.76. The fourth-order valence-corrected chi connectivity index (χ4v) is 2.49. The second-order valence-corrected chi connectivity index (χ2v) is 6.65. The number of amides is 2. The van der Waals surface area contributed by atoms with E-state index in [1.54, 1.807) is 0 Å². The second-order valence-electron chi connectivity index (χ2n) is 6.65. The highest BCUT2D eigenvalue weighted by Gasteiger charge is 2.34. The van der Waals surface area contributed by atoms with Gasteiger partial charge in [-0.2, -0.15) is 0 Å². The van der Waals surface area contributed by atoms with Crippen molar-refractivity contribution in [2.45, 2.75) is 78.9 Å². The third-order valence-electron chi connectivity index (χ3n) is 4.12. The number of hydrogen-bond acceptors (Lipinski definition) is 5. The van der Waals surface area contributed by atoms with Gasteiger partial charge in [-0.15, -0.1) is 0 Å². The van der Waals surface area contributed by atoms with E-state index in [4.69, 9.17) is 9.47 Å². The lowest BCUT2D eigenvalue weighted by atomic mass is 9.79. The molecule has 0 aliphatic heterocycles. The molecule has 1 aliphatic rings. The van der Waals surface area contributed by atoms with Crippen molar-refractivity contribution < 1.29 is 23.9 Å². The summed E-state index contributed by atoms with van der Waals surface area (Å²) in [5.74, 6) is 0.0949. The maximum absolute atomic E-state index is 11.9. The molecule has 1 rings (SSSR count). The Hall–Kier alpha value is -1.47. The summed E-state index contributed by atoms with van der Waals surface area (Å²) in [6.45, 7) is 11.4. The maximum atomic E-state index is 11.9. The van der Waals surface area contributed by atoms with E-state index in [9.17, 15) is 14.4 Å². The van der Waals surface area contributed by atoms with Crippen LogP contribution in [0.4, 0.5) is 0 Å². The first-order valence-corrected chi connectivity index (χ1v) is 10.2. The van der Waals surface area contributed by atoms with Gasteiger partial charge in [0.2, 0.25) is 11.8 Å². The average Bonchev–Trinajstić information content (AvgIpc) is 2.62. The van der Waals surface area contributed by atoms with Crippen molar-refractivity contribution in [1.29, 1.82) is 0 Å². The van der Waals surface area contributed by atoms with Crippen molar-refractivity contribution in [3.63, 3.8) is 0 Å². The van der Waals surface area contributed by atoms with Crippen molar-refractivity contribution in [2.75, 3.05) is 26.4 Å². The fourth-order valence-electron chi connectivity index (χ4n) is 2.49. The molecule has 0 aromatic rings. The minimum atomic E-state index is -0.0731. The molecule has 0 aromatic carbocycles. The van der Waals surface area contributed by atoms with Gasteiger partial charge in [0.15, 0.2) is 0 Å². The molecule has 0 radical (unpaired) electrons. The Labute approximate surface area is 163 Å². The predicted molar refractivity (Wildman–Crippen MR) is 105 cm³/mol. The van der Waals surface area contributed by atoms with Crippen molar-refractivity contribution in [3.05, 3.63) is 0 Å². The summed E-state index contributed by atoms with van der Waals surface area (Å²) in [4.78, 5) is 34.8. The molecule has 2 N–H and O–H groups in total. The molecule has 7 nitrogen and oxygen atoms in total. The van der Waals surface area contributed by atoms with Crippen LogP contribution < -0.4 is 10.6 Å². The first kappa shape index (κ1) is 25.5. The molecule has 158 valence electrons. The van der Waals surface area contributed by atoms with Crippen molar-refractivity contribution in [2.24, 2.45) is 5.92 Å². The van der Waals surface area contributed by atoms with Gasteiger partial charge in [-0.05, 0) is 26.7 Å². The zero-order chi connectivity index (χ0) is 20.7. The SMILES string of the molecule is CC.CCC(=O)CCOCCC(=O)NC1CC(C(=O)NCCOC(C)C)C1. The van der Waals surface area contributed by atoms with Crippen molar-refractivity contribution >= 4 is 17.6 Å². The van der Waals surface area contributed by atoms with Crippen LogP contribution in [0.5, 0.6) is 0 Å². The number of nitrogens with one attached hydrogen (secondary N) is 2. The third-order valence-corrected chi connectivity index (χ3v) is 4.12. The molecular formula is C20H38N2O5. The summed E-state index contributed by atoms with van der Waals surface area (Å²) in [7, 11) is 0. The molecule has 1 aliphatic carbocycles. The van der Waals surface area contributed by atoms with Crippen LogP contribution in [-0.2, 0) is 23.9 Å². The van der Waals surface area contributed by atoms with Crippen LogP contribution in [0.15, 0.2) is 0 Å². The van der Waals surface area contributed by atoms with E-state index in [-0.39, 0.29) is 42.1 Å². The van der Waals surface area contributed by atoms with Gasteiger partial charge < -0.3 is 20.1 Å². The standard InChI is InChI=1S/C18H32N2O5.C2H6/c1-4-16(21)5-8-24-9-6-17(22)20-15-11-14(12-15)18(23)19-7-10-25-13(2)3;1-2/h13-15H,4-12H2,1-3H3,(H,19,23)(H,20,22);1-2H3. The Morgan fingerprint density at radius 3 is 2.26 bits per heavy atom. The first-order valence-electron chi connectivity index (χ1n) is 10.2. The van der Waals surface area contributed by atoms with Crippen LogP contribution in [-0.4, -0.2) is 56.1 Å². The van der Waals surface area contributed by atoms with E-state index in [1.807, 2.05) is 34.6 Å². The summed E-state index contributed by atoms with van der Waals surface area (Å²) >= 11 is 0. The third kappa shape index (κ3) is 12.5. The van der Waals surface area contributed by atoms with Crippen molar-refractivity contribution in [1.82, 2.24) is 10.6 Å². The molecule has 0 atom stereocenters. The molecule has 7 heteroatoms. The Balaban J connectivity index is 0.00000326. The minimum absolute atomic E-state index is 0.0272. The van der Waals surface area contributed by atoms with Gasteiger partial charge in [-0.1, -0.05) is 20.8 Å². The maximum Gasteiger partial charge on any atom is 0.223 e. The lowest BCUT2D eigenvalue weighted by molar-refractivity contribution is -0.131. The van der Waals surface area contributed by atoms with Gasteiger partial charge in [0, 0.05) is 37.8 Å². The molecule has 1 saturated carbocycles. The lowest BCUT2D eigenvalue weighted by Gasteiger charge is -2.34. The second kappa shape index (κ2) is 15.6. The van der Waals surface area contributed by atoms with Crippen LogP contribution in [0.2, 0.25) is 0 Å². The van der Waals surface area contributed by atoms with E-state index < -0.39 is 0 Å². The van der Waals surface area contributed by atoms with Crippen molar-refractivity contribution in [3.8, 4) is 0 Å². The Kier molecular flexibility index (Phi) is 14.7. The summed E-state index contributed by atoms with van der Waals surface area (Å²) in [5.41, 5.74) is 0. The zero-order valence-electron chi connectivity index (χ0n) is 17.6. The average molecular weight is 387 g/mol. The number of carbonyl (C=O) groups excluding carboxylic acids is 3. The van der Waals surface area contributed by atoms with E-state index in [1.165, 1.54) is 0 Å². The summed E-state index contributed by atoms with van der Waals surface area (Å²) in [6.07, 6.45) is 2.71. The van der Waals surface area contributed by atoms with Gasteiger partial charge >= 0.3 is 0 Å². The van der Waals surface area contributed by atoms with Crippen LogP contribution in [0.3, 0.4) is 0 Å².